The Hall–Kier alpha value is -2.30. The number of carbonyl (C=O) groups is 2. The van der Waals surface area contributed by atoms with E-state index < -0.39 is 11.2 Å². The Morgan fingerprint density at radius 2 is 1.26 bits per heavy atom. The summed E-state index contributed by atoms with van der Waals surface area (Å²) in [5.74, 6) is -0.459. The molecule has 4 heteroatoms. The van der Waals surface area contributed by atoms with Gasteiger partial charge in [-0.05, 0) is 43.9 Å². The van der Waals surface area contributed by atoms with E-state index in [2.05, 4.69) is 0 Å². The molecule has 2 aromatic rings. The Bertz CT molecular complexity index is 794. The van der Waals surface area contributed by atoms with Gasteiger partial charge in [-0.1, -0.05) is 55.5 Å². The fourth-order valence-corrected chi connectivity index (χ4v) is 3.01. The Morgan fingerprint density at radius 3 is 1.70 bits per heavy atom. The third-order valence-electron chi connectivity index (χ3n) is 4.67. The molecule has 144 valence electrons. The van der Waals surface area contributed by atoms with E-state index in [-0.39, 0.29) is 11.6 Å². The summed E-state index contributed by atoms with van der Waals surface area (Å²) in [5, 5.41) is 20.1. The zero-order valence-corrected chi connectivity index (χ0v) is 16.5. The van der Waals surface area contributed by atoms with Gasteiger partial charge in [0.15, 0.2) is 11.6 Å². The molecule has 0 bridgehead atoms. The molecule has 2 rings (SSSR count). The molecule has 0 spiro atoms. The first-order valence-corrected chi connectivity index (χ1v) is 9.22. The first-order valence-electron chi connectivity index (χ1n) is 9.22. The smallest absolute Gasteiger partial charge is 0.193 e. The molecule has 0 saturated heterocycles. The van der Waals surface area contributed by atoms with Crippen LogP contribution in [0.1, 0.15) is 61.2 Å². The van der Waals surface area contributed by atoms with Gasteiger partial charge in [-0.2, -0.15) is 0 Å². The van der Waals surface area contributed by atoms with Crippen molar-refractivity contribution in [2.45, 2.75) is 58.2 Å². The summed E-state index contributed by atoms with van der Waals surface area (Å²) in [7, 11) is 0. The highest BCUT2D eigenvalue weighted by Crippen LogP contribution is 2.19. The standard InChI is InChI=1S/C23H28O4/c1-5-20(24)23(4,27)15-18-8-6-16(7-9-18)14-17-10-12-19(13-11-17)21(25)22(2,3)26/h6-13,26-27H,5,14-15H2,1-4H3. The van der Waals surface area contributed by atoms with Crippen molar-refractivity contribution in [1.82, 2.24) is 0 Å². The summed E-state index contributed by atoms with van der Waals surface area (Å²) < 4.78 is 0. The van der Waals surface area contributed by atoms with Gasteiger partial charge in [-0.15, -0.1) is 0 Å². The zero-order valence-electron chi connectivity index (χ0n) is 16.5. The number of aliphatic hydroxyl groups is 2. The molecule has 0 aliphatic heterocycles. The Balaban J connectivity index is 2.04. The summed E-state index contributed by atoms with van der Waals surface area (Å²) in [6.07, 6.45) is 1.33. The van der Waals surface area contributed by atoms with E-state index in [9.17, 15) is 19.8 Å². The van der Waals surface area contributed by atoms with Crippen LogP contribution in [-0.4, -0.2) is 33.0 Å². The topological polar surface area (TPSA) is 74.6 Å². The molecule has 4 nitrogen and oxygen atoms in total. The minimum Gasteiger partial charge on any atom is -0.382 e. The fraction of sp³-hybridized carbons (Fsp3) is 0.391. The third-order valence-corrected chi connectivity index (χ3v) is 4.67. The predicted octanol–water partition coefficient (Wildman–Crippen LogP) is 3.50. The summed E-state index contributed by atoms with van der Waals surface area (Å²) in [5.41, 5.74) is 0.850. The predicted molar refractivity (Wildman–Crippen MR) is 106 cm³/mol. The molecule has 0 saturated carbocycles. The Morgan fingerprint density at radius 1 is 0.815 bits per heavy atom. The van der Waals surface area contributed by atoms with Gasteiger partial charge in [0.25, 0.3) is 0 Å². The second-order valence-corrected chi connectivity index (χ2v) is 7.81. The van der Waals surface area contributed by atoms with Crippen LogP contribution in [0.15, 0.2) is 48.5 Å². The highest BCUT2D eigenvalue weighted by atomic mass is 16.3. The first-order chi connectivity index (χ1) is 12.5. The Kier molecular flexibility index (Phi) is 6.34. The van der Waals surface area contributed by atoms with Crippen LogP contribution < -0.4 is 0 Å². The molecule has 1 atom stereocenters. The van der Waals surface area contributed by atoms with Gasteiger partial charge in [-0.25, -0.2) is 0 Å². The monoisotopic (exact) mass is 368 g/mol. The lowest BCUT2D eigenvalue weighted by Gasteiger charge is -2.21. The maximum atomic E-state index is 12.1. The lowest BCUT2D eigenvalue weighted by Crippen LogP contribution is -2.36. The molecule has 1 unspecified atom stereocenters. The number of benzene rings is 2. The van der Waals surface area contributed by atoms with Crippen molar-refractivity contribution in [3.8, 4) is 0 Å². The molecular formula is C23H28O4. The van der Waals surface area contributed by atoms with Crippen molar-refractivity contribution in [2.24, 2.45) is 0 Å². The van der Waals surface area contributed by atoms with E-state index in [4.69, 9.17) is 0 Å². The van der Waals surface area contributed by atoms with Crippen molar-refractivity contribution in [3.63, 3.8) is 0 Å². The molecule has 0 aliphatic rings. The van der Waals surface area contributed by atoms with E-state index in [0.717, 1.165) is 16.7 Å². The van der Waals surface area contributed by atoms with Crippen molar-refractivity contribution in [3.05, 3.63) is 70.8 Å². The van der Waals surface area contributed by atoms with Crippen LogP contribution in [-0.2, 0) is 17.6 Å². The number of rotatable bonds is 8. The van der Waals surface area contributed by atoms with Crippen LogP contribution in [0.2, 0.25) is 0 Å². The lowest BCUT2D eigenvalue weighted by molar-refractivity contribution is -0.135. The maximum absolute atomic E-state index is 12.1. The number of ketones is 2. The van der Waals surface area contributed by atoms with Crippen LogP contribution in [0.5, 0.6) is 0 Å². The van der Waals surface area contributed by atoms with Gasteiger partial charge >= 0.3 is 0 Å². The highest BCUT2D eigenvalue weighted by molar-refractivity contribution is 6.01. The molecule has 0 heterocycles. The minimum absolute atomic E-state index is 0.160. The molecule has 27 heavy (non-hydrogen) atoms. The summed E-state index contributed by atoms with van der Waals surface area (Å²) in [4.78, 5) is 23.9. The molecule has 0 fully saturated rings. The van der Waals surface area contributed by atoms with E-state index in [1.54, 1.807) is 26.0 Å². The molecule has 2 N–H and O–H groups in total. The SMILES string of the molecule is CCC(=O)C(C)(O)Cc1ccc(Cc2ccc(C(=O)C(C)(C)O)cc2)cc1. The van der Waals surface area contributed by atoms with Crippen molar-refractivity contribution < 1.29 is 19.8 Å². The molecular weight excluding hydrogens is 340 g/mol. The number of hydrogen-bond donors (Lipinski definition) is 2. The maximum Gasteiger partial charge on any atom is 0.193 e. The average molecular weight is 368 g/mol. The average Bonchev–Trinajstić information content (AvgIpc) is 2.61. The molecule has 0 aliphatic carbocycles. The quantitative estimate of drug-likeness (QED) is 0.699. The molecule has 0 aromatic heterocycles. The van der Waals surface area contributed by atoms with E-state index in [1.807, 2.05) is 36.4 Å². The van der Waals surface area contributed by atoms with E-state index in [0.29, 0.717) is 24.8 Å². The van der Waals surface area contributed by atoms with Gasteiger partial charge in [0.05, 0.1) is 0 Å². The second kappa shape index (κ2) is 8.15. The van der Waals surface area contributed by atoms with Gasteiger partial charge in [-0.3, -0.25) is 9.59 Å². The zero-order chi connectivity index (χ0) is 20.2. The number of Topliss-reactive ketones (excluding diaryl/α,β-unsaturated/α-hetero) is 2. The van der Waals surface area contributed by atoms with Crippen LogP contribution >= 0.6 is 0 Å². The third kappa shape index (κ3) is 5.59. The first kappa shape index (κ1) is 21.0. The van der Waals surface area contributed by atoms with Gasteiger partial charge in [0, 0.05) is 18.4 Å². The normalized spacial score (nSPS) is 13.9. The Labute approximate surface area is 160 Å². The second-order valence-electron chi connectivity index (χ2n) is 7.81. The summed E-state index contributed by atoms with van der Waals surface area (Å²) >= 11 is 0. The van der Waals surface area contributed by atoms with Crippen LogP contribution in [0, 0.1) is 0 Å². The van der Waals surface area contributed by atoms with E-state index in [1.165, 1.54) is 13.8 Å². The summed E-state index contributed by atoms with van der Waals surface area (Å²) in [6.45, 7) is 6.27. The van der Waals surface area contributed by atoms with Crippen LogP contribution in [0.25, 0.3) is 0 Å². The molecule has 0 radical (unpaired) electrons. The van der Waals surface area contributed by atoms with Gasteiger partial charge < -0.3 is 10.2 Å². The van der Waals surface area contributed by atoms with Gasteiger partial charge in [0.2, 0.25) is 0 Å². The number of carbonyl (C=O) groups excluding carboxylic acids is 2. The fourth-order valence-electron chi connectivity index (χ4n) is 3.01. The minimum atomic E-state index is -1.38. The molecule has 2 aromatic carbocycles. The van der Waals surface area contributed by atoms with Crippen LogP contribution in [0.4, 0.5) is 0 Å². The largest absolute Gasteiger partial charge is 0.382 e. The summed E-state index contributed by atoms with van der Waals surface area (Å²) in [6, 6.07) is 15.1. The lowest BCUT2D eigenvalue weighted by atomic mass is 9.90. The van der Waals surface area contributed by atoms with Crippen molar-refractivity contribution in [1.29, 1.82) is 0 Å². The van der Waals surface area contributed by atoms with E-state index >= 15 is 0 Å². The van der Waals surface area contributed by atoms with Crippen molar-refractivity contribution >= 4 is 11.6 Å². The van der Waals surface area contributed by atoms with Crippen molar-refractivity contribution in [2.75, 3.05) is 0 Å². The highest BCUT2D eigenvalue weighted by Gasteiger charge is 2.28. The molecule has 0 amide bonds. The van der Waals surface area contributed by atoms with Gasteiger partial charge in [0.1, 0.15) is 11.2 Å². The van der Waals surface area contributed by atoms with Crippen LogP contribution in [0.3, 0.4) is 0 Å². The number of hydrogen-bond acceptors (Lipinski definition) is 4.